The van der Waals surface area contributed by atoms with Crippen molar-refractivity contribution < 1.29 is 9.18 Å². The van der Waals surface area contributed by atoms with E-state index in [9.17, 15) is 9.18 Å². The van der Waals surface area contributed by atoms with Crippen molar-refractivity contribution in [3.05, 3.63) is 29.8 Å². The number of hydrogen-bond acceptors (Lipinski definition) is 3. The number of carbonyl (C=O) groups excluding carboxylic acids is 1. The average molecular weight is 264 g/mol. The van der Waals surface area contributed by atoms with Crippen LogP contribution in [-0.4, -0.2) is 36.0 Å². The number of benzene rings is 1. The number of carbonyl (C=O) groups is 1. The second-order valence-corrected chi connectivity index (χ2v) is 4.33. The largest absolute Gasteiger partial charge is 0.355 e. The van der Waals surface area contributed by atoms with Crippen LogP contribution >= 0.6 is 0 Å². The van der Waals surface area contributed by atoms with Crippen LogP contribution in [0.2, 0.25) is 0 Å². The first-order valence-corrected chi connectivity index (χ1v) is 6.24. The smallest absolute Gasteiger partial charge is 0.233 e. The molecule has 3 N–H and O–H groups in total. The number of aromatic nitrogens is 2. The molecule has 0 unspecified atom stereocenters. The molecule has 0 atom stereocenters. The normalized spacial score (nSPS) is 10.8. The first kappa shape index (κ1) is 13.5. The Morgan fingerprint density at radius 2 is 2.32 bits per heavy atom. The van der Waals surface area contributed by atoms with Gasteiger partial charge in [-0.3, -0.25) is 4.79 Å². The molecular formula is C13H17FN4O. The van der Waals surface area contributed by atoms with Crippen molar-refractivity contribution in [2.45, 2.75) is 12.8 Å². The van der Waals surface area contributed by atoms with Gasteiger partial charge in [-0.15, -0.1) is 0 Å². The number of aryl methyl sites for hydroxylation is 1. The fourth-order valence-electron chi connectivity index (χ4n) is 1.86. The quantitative estimate of drug-likeness (QED) is 0.681. The van der Waals surface area contributed by atoms with E-state index in [1.54, 1.807) is 13.1 Å². The summed E-state index contributed by atoms with van der Waals surface area (Å²) in [5.74, 6) is 0.514. The third-order valence-electron chi connectivity index (χ3n) is 2.74. The predicted octanol–water partition coefficient (Wildman–Crippen LogP) is 0.970. The van der Waals surface area contributed by atoms with Crippen molar-refractivity contribution in [1.29, 1.82) is 0 Å². The minimum Gasteiger partial charge on any atom is -0.355 e. The zero-order valence-corrected chi connectivity index (χ0v) is 10.8. The number of fused-ring (bicyclic) bond motifs is 1. The molecule has 1 heterocycles. The van der Waals surface area contributed by atoms with Crippen LogP contribution in [0.15, 0.2) is 18.2 Å². The number of likely N-dealkylation sites (N-methyl/N-ethyl adjacent to an activating group) is 1. The van der Waals surface area contributed by atoms with Crippen molar-refractivity contribution in [3.8, 4) is 0 Å². The predicted molar refractivity (Wildman–Crippen MR) is 71.3 cm³/mol. The van der Waals surface area contributed by atoms with Crippen LogP contribution in [-0.2, 0) is 11.2 Å². The molecule has 1 amide bonds. The lowest BCUT2D eigenvalue weighted by Crippen LogP contribution is -2.32. The standard InChI is InChI=1S/C13H17FN4O/c1-15-8-13(19)16-6-2-3-12-17-10-5-4-9(14)7-11(10)18-12/h4-5,7,15H,2-3,6,8H2,1H3,(H,16,19)(H,17,18). The Morgan fingerprint density at radius 1 is 1.47 bits per heavy atom. The van der Waals surface area contributed by atoms with Gasteiger partial charge in [0, 0.05) is 13.0 Å². The zero-order chi connectivity index (χ0) is 13.7. The number of nitrogens with one attached hydrogen (secondary N) is 3. The Labute approximate surface area is 110 Å². The summed E-state index contributed by atoms with van der Waals surface area (Å²) in [5, 5.41) is 5.58. The van der Waals surface area contributed by atoms with Crippen molar-refractivity contribution in [3.63, 3.8) is 0 Å². The maximum absolute atomic E-state index is 13.0. The van der Waals surface area contributed by atoms with Crippen molar-refractivity contribution >= 4 is 16.9 Å². The molecule has 0 saturated carbocycles. The van der Waals surface area contributed by atoms with Crippen LogP contribution < -0.4 is 10.6 Å². The van der Waals surface area contributed by atoms with Crippen molar-refractivity contribution in [2.75, 3.05) is 20.1 Å². The van der Waals surface area contributed by atoms with Gasteiger partial charge in [0.2, 0.25) is 5.91 Å². The topological polar surface area (TPSA) is 69.8 Å². The SMILES string of the molecule is CNCC(=O)NCCCc1nc2ccc(F)cc2[nH]1. The van der Waals surface area contributed by atoms with Gasteiger partial charge < -0.3 is 15.6 Å². The Balaban J connectivity index is 1.83. The summed E-state index contributed by atoms with van der Waals surface area (Å²) < 4.78 is 13.0. The number of halogens is 1. The molecule has 6 heteroatoms. The molecule has 0 radical (unpaired) electrons. The summed E-state index contributed by atoms with van der Waals surface area (Å²) in [6.45, 7) is 0.926. The molecule has 0 spiro atoms. The first-order chi connectivity index (χ1) is 9.19. The Kier molecular flexibility index (Phi) is 4.46. The monoisotopic (exact) mass is 264 g/mol. The molecule has 19 heavy (non-hydrogen) atoms. The molecule has 0 aliphatic carbocycles. The Hall–Kier alpha value is -1.95. The van der Waals surface area contributed by atoms with Crippen LogP contribution in [0.25, 0.3) is 11.0 Å². The Bertz CT molecular complexity index is 567. The molecule has 1 aromatic carbocycles. The third-order valence-corrected chi connectivity index (χ3v) is 2.74. The van der Waals surface area contributed by atoms with Crippen LogP contribution in [0.5, 0.6) is 0 Å². The highest BCUT2D eigenvalue weighted by Crippen LogP contribution is 2.13. The molecular weight excluding hydrogens is 247 g/mol. The maximum atomic E-state index is 13.0. The van der Waals surface area contributed by atoms with E-state index in [4.69, 9.17) is 0 Å². The number of amides is 1. The van der Waals surface area contributed by atoms with Gasteiger partial charge in [0.15, 0.2) is 0 Å². The van der Waals surface area contributed by atoms with Gasteiger partial charge in [0.1, 0.15) is 11.6 Å². The number of H-pyrrole nitrogens is 1. The molecule has 2 aromatic rings. The summed E-state index contributed by atoms with van der Waals surface area (Å²) in [5.41, 5.74) is 1.46. The van der Waals surface area contributed by atoms with Crippen LogP contribution in [0.1, 0.15) is 12.2 Å². The van der Waals surface area contributed by atoms with E-state index in [-0.39, 0.29) is 11.7 Å². The molecule has 102 valence electrons. The maximum Gasteiger partial charge on any atom is 0.233 e. The second kappa shape index (κ2) is 6.29. The molecule has 0 saturated heterocycles. The number of imidazole rings is 1. The van der Waals surface area contributed by atoms with Gasteiger partial charge in [-0.2, -0.15) is 0 Å². The highest BCUT2D eigenvalue weighted by atomic mass is 19.1. The van der Waals surface area contributed by atoms with Gasteiger partial charge in [-0.05, 0) is 31.7 Å². The van der Waals surface area contributed by atoms with E-state index in [2.05, 4.69) is 20.6 Å². The molecule has 5 nitrogen and oxygen atoms in total. The minimum absolute atomic E-state index is 0.0193. The number of aromatic amines is 1. The van der Waals surface area contributed by atoms with Gasteiger partial charge in [0.05, 0.1) is 17.6 Å². The second-order valence-electron chi connectivity index (χ2n) is 4.33. The Morgan fingerprint density at radius 3 is 3.11 bits per heavy atom. The highest BCUT2D eigenvalue weighted by Gasteiger charge is 2.04. The van der Waals surface area contributed by atoms with Gasteiger partial charge in [-0.25, -0.2) is 9.37 Å². The van der Waals surface area contributed by atoms with Gasteiger partial charge in [-0.1, -0.05) is 0 Å². The fraction of sp³-hybridized carbons (Fsp3) is 0.385. The molecule has 0 bridgehead atoms. The lowest BCUT2D eigenvalue weighted by molar-refractivity contribution is -0.120. The lowest BCUT2D eigenvalue weighted by atomic mass is 10.3. The first-order valence-electron chi connectivity index (χ1n) is 6.24. The molecule has 2 rings (SSSR count). The summed E-state index contributed by atoms with van der Waals surface area (Å²) in [6.07, 6.45) is 1.51. The third kappa shape index (κ3) is 3.75. The molecule has 0 aliphatic heterocycles. The van der Waals surface area contributed by atoms with Crippen LogP contribution in [0, 0.1) is 5.82 Å². The van der Waals surface area contributed by atoms with E-state index in [0.29, 0.717) is 18.6 Å². The lowest BCUT2D eigenvalue weighted by Gasteiger charge is -2.03. The summed E-state index contributed by atoms with van der Waals surface area (Å²) in [4.78, 5) is 18.6. The number of rotatable bonds is 6. The highest BCUT2D eigenvalue weighted by molar-refractivity contribution is 5.77. The molecule has 1 aromatic heterocycles. The fourth-order valence-corrected chi connectivity index (χ4v) is 1.86. The molecule has 0 fully saturated rings. The summed E-state index contributed by atoms with van der Waals surface area (Å²) in [6, 6.07) is 4.48. The molecule has 0 aliphatic rings. The van der Waals surface area contributed by atoms with E-state index < -0.39 is 0 Å². The van der Waals surface area contributed by atoms with Crippen LogP contribution in [0.4, 0.5) is 4.39 Å². The van der Waals surface area contributed by atoms with Gasteiger partial charge >= 0.3 is 0 Å². The van der Waals surface area contributed by atoms with Crippen LogP contribution in [0.3, 0.4) is 0 Å². The van der Waals surface area contributed by atoms with E-state index >= 15 is 0 Å². The zero-order valence-electron chi connectivity index (χ0n) is 10.8. The minimum atomic E-state index is -0.276. The van der Waals surface area contributed by atoms with E-state index in [0.717, 1.165) is 24.2 Å². The van der Waals surface area contributed by atoms with Gasteiger partial charge in [0.25, 0.3) is 0 Å². The van der Waals surface area contributed by atoms with E-state index in [1.165, 1.54) is 12.1 Å². The van der Waals surface area contributed by atoms with Crippen molar-refractivity contribution in [2.24, 2.45) is 0 Å². The summed E-state index contributed by atoms with van der Waals surface area (Å²) in [7, 11) is 1.73. The average Bonchev–Trinajstić information content (AvgIpc) is 2.77. The number of hydrogen-bond donors (Lipinski definition) is 3. The van der Waals surface area contributed by atoms with Crippen molar-refractivity contribution in [1.82, 2.24) is 20.6 Å². The summed E-state index contributed by atoms with van der Waals surface area (Å²) >= 11 is 0. The van der Waals surface area contributed by atoms with E-state index in [1.807, 2.05) is 0 Å². The number of nitrogens with zero attached hydrogens (tertiary/aromatic N) is 1.